The van der Waals surface area contributed by atoms with Crippen molar-refractivity contribution in [1.82, 2.24) is 4.98 Å². The topological polar surface area (TPSA) is 22.1 Å². The van der Waals surface area contributed by atoms with Gasteiger partial charge in [-0.3, -0.25) is 4.98 Å². The number of benzene rings is 1. The molecule has 1 aromatic carbocycles. The first kappa shape index (κ1) is 11.1. The van der Waals surface area contributed by atoms with E-state index in [1.807, 2.05) is 37.3 Å². The van der Waals surface area contributed by atoms with Gasteiger partial charge in [-0.15, -0.1) is 0 Å². The summed E-state index contributed by atoms with van der Waals surface area (Å²) in [5, 5.41) is 0. The Balaban J connectivity index is 2.02. The Morgan fingerprint density at radius 1 is 1.25 bits per heavy atom. The van der Waals surface area contributed by atoms with Gasteiger partial charge in [-0.25, -0.2) is 0 Å². The van der Waals surface area contributed by atoms with Crippen molar-refractivity contribution in [3.8, 4) is 5.75 Å². The number of nitrogens with zero attached hydrogens (tertiary/aromatic N) is 1. The van der Waals surface area contributed by atoms with Gasteiger partial charge in [0.25, 0.3) is 0 Å². The number of aryl methyl sites for hydroxylation is 1. The summed E-state index contributed by atoms with van der Waals surface area (Å²) in [5.74, 6) is 0.889. The van der Waals surface area contributed by atoms with Crippen LogP contribution < -0.4 is 4.74 Å². The number of hydrogen-bond donors (Lipinski definition) is 0. The van der Waals surface area contributed by atoms with Crippen LogP contribution in [0.4, 0.5) is 0 Å². The summed E-state index contributed by atoms with van der Waals surface area (Å²) in [5.41, 5.74) is 2.25. The highest BCUT2D eigenvalue weighted by Gasteiger charge is 1.97. The maximum atomic E-state index is 5.67. The molecule has 2 nitrogen and oxygen atoms in total. The van der Waals surface area contributed by atoms with E-state index < -0.39 is 0 Å². The van der Waals surface area contributed by atoms with Gasteiger partial charge in [0.05, 0.1) is 0 Å². The van der Waals surface area contributed by atoms with Crippen molar-refractivity contribution in [3.63, 3.8) is 0 Å². The molecule has 0 spiro atoms. The number of hydrogen-bond acceptors (Lipinski definition) is 2. The van der Waals surface area contributed by atoms with Crippen LogP contribution in [-0.4, -0.2) is 4.98 Å². The molecule has 0 aliphatic heterocycles. The van der Waals surface area contributed by atoms with Crippen molar-refractivity contribution in [1.29, 1.82) is 0 Å². The van der Waals surface area contributed by atoms with Crippen molar-refractivity contribution in [3.05, 3.63) is 58.3 Å². The summed E-state index contributed by atoms with van der Waals surface area (Å²) in [6, 6.07) is 10.0. The lowest BCUT2D eigenvalue weighted by Crippen LogP contribution is -1.96. The summed E-state index contributed by atoms with van der Waals surface area (Å²) in [6.07, 6.45) is 3.57. The Morgan fingerprint density at radius 3 is 2.88 bits per heavy atom. The number of ether oxygens (including phenoxy) is 1. The number of rotatable bonds is 3. The molecule has 2 aromatic rings. The first-order valence-corrected chi connectivity index (χ1v) is 5.82. The van der Waals surface area contributed by atoms with Gasteiger partial charge in [0.2, 0.25) is 0 Å². The molecule has 0 aliphatic carbocycles. The predicted octanol–water partition coefficient (Wildman–Crippen LogP) is 3.73. The normalized spacial score (nSPS) is 10.1. The maximum absolute atomic E-state index is 5.67. The first-order chi connectivity index (χ1) is 7.74. The molecule has 1 heterocycles. The number of halogens is 1. The van der Waals surface area contributed by atoms with Crippen LogP contribution in [0.5, 0.6) is 5.75 Å². The fourth-order valence-corrected chi connectivity index (χ4v) is 1.82. The van der Waals surface area contributed by atoms with Crippen LogP contribution in [0.25, 0.3) is 0 Å². The quantitative estimate of drug-likeness (QED) is 0.853. The minimum atomic E-state index is 0.538. The van der Waals surface area contributed by atoms with E-state index in [1.165, 1.54) is 5.56 Å². The third-order valence-electron chi connectivity index (χ3n) is 2.16. The molecule has 82 valence electrons. The second-order valence-electron chi connectivity index (χ2n) is 3.62. The van der Waals surface area contributed by atoms with Crippen molar-refractivity contribution in [2.45, 2.75) is 13.5 Å². The van der Waals surface area contributed by atoms with E-state index in [4.69, 9.17) is 4.74 Å². The van der Waals surface area contributed by atoms with Gasteiger partial charge in [-0.1, -0.05) is 12.1 Å². The predicted molar refractivity (Wildman–Crippen MR) is 67.4 cm³/mol. The highest BCUT2D eigenvalue weighted by atomic mass is 79.9. The molecule has 0 saturated heterocycles. The lowest BCUT2D eigenvalue weighted by atomic mass is 10.2. The fraction of sp³-hybridized carbons (Fsp3) is 0.154. The summed E-state index contributed by atoms with van der Waals surface area (Å²) in [7, 11) is 0. The standard InChI is InChI=1S/C13H12BrNO/c1-10-3-2-4-13(5-10)16-9-11-6-12(14)8-15-7-11/h2-8H,9H2,1H3. The maximum Gasteiger partial charge on any atom is 0.120 e. The van der Waals surface area contributed by atoms with Crippen LogP contribution in [0.3, 0.4) is 0 Å². The average molecular weight is 278 g/mol. The third kappa shape index (κ3) is 3.07. The van der Waals surface area contributed by atoms with Crippen molar-refractivity contribution in [2.24, 2.45) is 0 Å². The molecule has 0 amide bonds. The monoisotopic (exact) mass is 277 g/mol. The summed E-state index contributed by atoms with van der Waals surface area (Å²) >= 11 is 3.38. The smallest absolute Gasteiger partial charge is 0.120 e. The van der Waals surface area contributed by atoms with Crippen molar-refractivity contribution in [2.75, 3.05) is 0 Å². The van der Waals surface area contributed by atoms with Crippen LogP contribution in [-0.2, 0) is 6.61 Å². The Labute approximate surface area is 103 Å². The van der Waals surface area contributed by atoms with Gasteiger partial charge >= 0.3 is 0 Å². The summed E-state index contributed by atoms with van der Waals surface area (Å²) < 4.78 is 6.64. The molecule has 0 atom stereocenters. The molecular formula is C13H12BrNO. The molecule has 16 heavy (non-hydrogen) atoms. The van der Waals surface area contributed by atoms with Crippen molar-refractivity contribution >= 4 is 15.9 Å². The van der Waals surface area contributed by atoms with Gasteiger partial charge in [0.15, 0.2) is 0 Å². The number of aromatic nitrogens is 1. The van der Waals surface area contributed by atoms with E-state index >= 15 is 0 Å². The Bertz CT molecular complexity index is 439. The second kappa shape index (κ2) is 5.12. The molecule has 0 unspecified atom stereocenters. The van der Waals surface area contributed by atoms with Gasteiger partial charge in [-0.05, 0) is 46.6 Å². The lowest BCUT2D eigenvalue weighted by Gasteiger charge is -2.06. The summed E-state index contributed by atoms with van der Waals surface area (Å²) in [4.78, 5) is 4.09. The Hall–Kier alpha value is -1.35. The minimum absolute atomic E-state index is 0.538. The van der Waals surface area contributed by atoms with Crippen LogP contribution in [0, 0.1) is 6.92 Å². The van der Waals surface area contributed by atoms with E-state index in [1.54, 1.807) is 12.4 Å². The number of pyridine rings is 1. The van der Waals surface area contributed by atoms with Crippen LogP contribution >= 0.6 is 15.9 Å². The SMILES string of the molecule is Cc1cccc(OCc2cncc(Br)c2)c1. The zero-order valence-electron chi connectivity index (χ0n) is 8.98. The Kier molecular flexibility index (Phi) is 3.57. The van der Waals surface area contributed by atoms with E-state index in [0.717, 1.165) is 15.8 Å². The largest absolute Gasteiger partial charge is 0.489 e. The zero-order chi connectivity index (χ0) is 11.4. The second-order valence-corrected chi connectivity index (χ2v) is 4.53. The first-order valence-electron chi connectivity index (χ1n) is 5.03. The highest BCUT2D eigenvalue weighted by molar-refractivity contribution is 9.10. The van der Waals surface area contributed by atoms with E-state index in [-0.39, 0.29) is 0 Å². The molecule has 0 radical (unpaired) electrons. The molecule has 0 aliphatic rings. The molecule has 0 saturated carbocycles. The van der Waals surface area contributed by atoms with Crippen LogP contribution in [0.1, 0.15) is 11.1 Å². The van der Waals surface area contributed by atoms with Crippen LogP contribution in [0.15, 0.2) is 47.2 Å². The molecule has 0 N–H and O–H groups in total. The molecular weight excluding hydrogens is 266 g/mol. The highest BCUT2D eigenvalue weighted by Crippen LogP contribution is 2.15. The van der Waals surface area contributed by atoms with Gasteiger partial charge in [0, 0.05) is 22.4 Å². The molecule has 1 aromatic heterocycles. The van der Waals surface area contributed by atoms with Crippen LogP contribution in [0.2, 0.25) is 0 Å². The van der Waals surface area contributed by atoms with E-state index in [0.29, 0.717) is 6.61 Å². The molecule has 0 bridgehead atoms. The van der Waals surface area contributed by atoms with E-state index in [2.05, 4.69) is 20.9 Å². The van der Waals surface area contributed by atoms with Gasteiger partial charge in [0.1, 0.15) is 12.4 Å². The van der Waals surface area contributed by atoms with Crippen molar-refractivity contribution < 1.29 is 4.74 Å². The summed E-state index contributed by atoms with van der Waals surface area (Å²) in [6.45, 7) is 2.59. The zero-order valence-corrected chi connectivity index (χ0v) is 10.6. The fourth-order valence-electron chi connectivity index (χ4n) is 1.41. The van der Waals surface area contributed by atoms with Gasteiger partial charge in [-0.2, -0.15) is 0 Å². The average Bonchev–Trinajstić information content (AvgIpc) is 2.27. The minimum Gasteiger partial charge on any atom is -0.489 e. The van der Waals surface area contributed by atoms with Gasteiger partial charge < -0.3 is 4.74 Å². The molecule has 0 fully saturated rings. The third-order valence-corrected chi connectivity index (χ3v) is 2.59. The Morgan fingerprint density at radius 2 is 2.12 bits per heavy atom. The molecule has 3 heteroatoms. The lowest BCUT2D eigenvalue weighted by molar-refractivity contribution is 0.305. The van der Waals surface area contributed by atoms with E-state index in [9.17, 15) is 0 Å². The molecule has 2 rings (SSSR count).